The maximum Gasteiger partial charge on any atom is 0.328 e. The van der Waals surface area contributed by atoms with E-state index in [0.717, 1.165) is 18.4 Å². The molecule has 2 aromatic carbocycles. The van der Waals surface area contributed by atoms with Crippen LogP contribution in [0.4, 0.5) is 4.79 Å². The van der Waals surface area contributed by atoms with E-state index in [4.69, 9.17) is 16.3 Å². The molecule has 3 amide bonds. The van der Waals surface area contributed by atoms with Crippen molar-refractivity contribution in [3.8, 4) is 5.75 Å². The van der Waals surface area contributed by atoms with Gasteiger partial charge in [0.2, 0.25) is 0 Å². The third kappa shape index (κ3) is 7.45. The van der Waals surface area contributed by atoms with Crippen molar-refractivity contribution in [3.63, 3.8) is 0 Å². The molecule has 0 fully saturated rings. The van der Waals surface area contributed by atoms with Gasteiger partial charge in [-0.3, -0.25) is 4.79 Å². The van der Waals surface area contributed by atoms with E-state index in [2.05, 4.69) is 10.6 Å². The van der Waals surface area contributed by atoms with Crippen molar-refractivity contribution in [3.05, 3.63) is 58.6 Å². The Balaban J connectivity index is 1.90. The van der Waals surface area contributed by atoms with E-state index in [1.54, 1.807) is 24.3 Å². The topological polar surface area (TPSA) is 114 Å². The van der Waals surface area contributed by atoms with Crippen LogP contribution in [-0.4, -0.2) is 40.6 Å². The monoisotopic (exact) mass is 467 g/mol. The number of sulfonamides is 1. The van der Waals surface area contributed by atoms with Crippen molar-refractivity contribution in [1.82, 2.24) is 15.4 Å². The summed E-state index contributed by atoms with van der Waals surface area (Å²) in [7, 11) is -2.48. The molecule has 8 nitrogen and oxygen atoms in total. The minimum absolute atomic E-state index is 0.0189. The van der Waals surface area contributed by atoms with Crippen LogP contribution in [0, 0.1) is 0 Å². The predicted octanol–water partition coefficient (Wildman–Crippen LogP) is 3.11. The molecule has 0 spiro atoms. The largest absolute Gasteiger partial charge is 0.496 e. The molecular weight excluding hydrogens is 442 g/mol. The molecular formula is C21H26ClN3O5S. The average Bonchev–Trinajstić information content (AvgIpc) is 2.74. The summed E-state index contributed by atoms with van der Waals surface area (Å²) >= 11 is 5.95. The van der Waals surface area contributed by atoms with Gasteiger partial charge in [-0.15, -0.1) is 0 Å². The zero-order valence-corrected chi connectivity index (χ0v) is 19.0. The normalized spacial score (nSPS) is 10.9. The molecule has 0 unspecified atom stereocenters. The summed E-state index contributed by atoms with van der Waals surface area (Å²) in [6.45, 7) is 2.71. The first-order chi connectivity index (χ1) is 14.8. The number of benzene rings is 2. The van der Waals surface area contributed by atoms with Gasteiger partial charge in [-0.25, -0.2) is 17.9 Å². The first-order valence-electron chi connectivity index (χ1n) is 9.78. The van der Waals surface area contributed by atoms with Gasteiger partial charge in [0.1, 0.15) is 5.75 Å². The third-order valence-electron chi connectivity index (χ3n) is 4.38. The fourth-order valence-electron chi connectivity index (χ4n) is 2.70. The molecule has 0 heterocycles. The predicted molar refractivity (Wildman–Crippen MR) is 119 cm³/mol. The van der Waals surface area contributed by atoms with Crippen molar-refractivity contribution in [2.75, 3.05) is 20.2 Å². The Labute approximate surface area is 187 Å². The van der Waals surface area contributed by atoms with Crippen molar-refractivity contribution >= 4 is 33.6 Å². The lowest BCUT2D eigenvalue weighted by molar-refractivity contribution is 0.0951. The molecule has 0 saturated heterocycles. The highest BCUT2D eigenvalue weighted by atomic mass is 35.5. The van der Waals surface area contributed by atoms with Crippen LogP contribution in [0.2, 0.25) is 5.02 Å². The summed E-state index contributed by atoms with van der Waals surface area (Å²) < 4.78 is 31.7. The summed E-state index contributed by atoms with van der Waals surface area (Å²) in [6.07, 6.45) is 2.14. The number of carbonyl (C=O) groups is 2. The number of carbonyl (C=O) groups excluding carboxylic acids is 2. The Kier molecular flexibility index (Phi) is 9.14. The lowest BCUT2D eigenvalue weighted by atomic mass is 10.1. The fourth-order valence-corrected chi connectivity index (χ4v) is 3.80. The summed E-state index contributed by atoms with van der Waals surface area (Å²) in [4.78, 5) is 24.1. The third-order valence-corrected chi connectivity index (χ3v) is 5.96. The summed E-state index contributed by atoms with van der Waals surface area (Å²) in [5, 5.41) is 5.71. The lowest BCUT2D eigenvalue weighted by Crippen LogP contribution is -2.39. The van der Waals surface area contributed by atoms with Crippen LogP contribution in [-0.2, 0) is 16.4 Å². The van der Waals surface area contributed by atoms with E-state index in [1.165, 1.54) is 25.3 Å². The maximum atomic E-state index is 12.4. The zero-order chi connectivity index (χ0) is 22.9. The smallest absolute Gasteiger partial charge is 0.328 e. The van der Waals surface area contributed by atoms with Gasteiger partial charge in [-0.2, -0.15) is 0 Å². The highest BCUT2D eigenvalue weighted by Crippen LogP contribution is 2.22. The fraction of sp³-hybridized carbons (Fsp3) is 0.333. The van der Waals surface area contributed by atoms with Crippen molar-refractivity contribution in [1.29, 1.82) is 0 Å². The number of hydrogen-bond acceptors (Lipinski definition) is 5. The second-order valence-electron chi connectivity index (χ2n) is 6.71. The van der Waals surface area contributed by atoms with Crippen LogP contribution in [0.15, 0.2) is 47.4 Å². The molecule has 0 aliphatic carbocycles. The molecule has 0 bridgehead atoms. The van der Waals surface area contributed by atoms with E-state index < -0.39 is 16.1 Å². The van der Waals surface area contributed by atoms with E-state index in [-0.39, 0.29) is 10.8 Å². The number of amides is 3. The number of hydrogen-bond donors (Lipinski definition) is 3. The van der Waals surface area contributed by atoms with E-state index in [0.29, 0.717) is 35.8 Å². The molecule has 3 N–H and O–H groups in total. The van der Waals surface area contributed by atoms with Gasteiger partial charge < -0.3 is 15.4 Å². The van der Waals surface area contributed by atoms with Gasteiger partial charge in [0.25, 0.3) is 15.9 Å². The quantitative estimate of drug-likeness (QED) is 0.464. The second kappa shape index (κ2) is 11.6. The SMILES string of the molecule is CCCCNC(=O)NS(=O)(=O)c1ccc(CCNC(=O)c2cc(Cl)ccc2OC)cc1. The summed E-state index contributed by atoms with van der Waals surface area (Å²) in [5.41, 5.74) is 1.16. The molecule has 2 rings (SSSR count). The Morgan fingerprint density at radius 1 is 1.03 bits per heavy atom. The van der Waals surface area contributed by atoms with Crippen LogP contribution >= 0.6 is 11.6 Å². The van der Waals surface area contributed by atoms with Crippen LogP contribution in [0.25, 0.3) is 0 Å². The number of rotatable bonds is 10. The van der Waals surface area contributed by atoms with Gasteiger partial charge in [0, 0.05) is 18.1 Å². The molecule has 0 atom stereocenters. The number of ether oxygens (including phenoxy) is 1. The molecule has 0 aliphatic rings. The number of urea groups is 1. The van der Waals surface area contributed by atoms with Crippen LogP contribution in [0.5, 0.6) is 5.75 Å². The van der Waals surface area contributed by atoms with Crippen molar-refractivity contribution in [2.45, 2.75) is 31.1 Å². The summed E-state index contributed by atoms with van der Waals surface area (Å²) in [5.74, 6) is 0.0968. The first-order valence-corrected chi connectivity index (χ1v) is 11.6. The lowest BCUT2D eigenvalue weighted by Gasteiger charge is -2.10. The molecule has 2 aromatic rings. The Morgan fingerprint density at radius 3 is 2.39 bits per heavy atom. The highest BCUT2D eigenvalue weighted by Gasteiger charge is 2.17. The minimum atomic E-state index is -3.95. The molecule has 168 valence electrons. The number of unbranched alkanes of at least 4 members (excludes halogenated alkanes) is 1. The minimum Gasteiger partial charge on any atom is -0.496 e. The van der Waals surface area contributed by atoms with Gasteiger partial charge in [0.15, 0.2) is 0 Å². The van der Waals surface area contributed by atoms with Crippen molar-refractivity contribution in [2.24, 2.45) is 0 Å². The summed E-state index contributed by atoms with van der Waals surface area (Å²) in [6, 6.07) is 10.1. The molecule has 0 aliphatic heterocycles. The molecule has 0 aromatic heterocycles. The average molecular weight is 468 g/mol. The standard InChI is InChI=1S/C21H26ClN3O5S/c1-3-4-12-24-21(27)25-31(28,29)17-8-5-15(6-9-17)11-13-23-20(26)18-14-16(22)7-10-19(18)30-2/h5-10,14H,3-4,11-13H2,1-2H3,(H,23,26)(H2,24,25,27). The second-order valence-corrected chi connectivity index (χ2v) is 8.83. The Bertz CT molecular complexity index is 1010. The number of halogens is 1. The molecule has 0 radical (unpaired) electrons. The van der Waals surface area contributed by atoms with Gasteiger partial charge in [-0.1, -0.05) is 37.1 Å². The number of methoxy groups -OCH3 is 1. The van der Waals surface area contributed by atoms with E-state index >= 15 is 0 Å². The van der Waals surface area contributed by atoms with Gasteiger partial charge in [0.05, 0.1) is 17.6 Å². The van der Waals surface area contributed by atoms with Gasteiger partial charge in [-0.05, 0) is 48.7 Å². The van der Waals surface area contributed by atoms with Crippen LogP contribution in [0.1, 0.15) is 35.7 Å². The Hall–Kier alpha value is -2.78. The van der Waals surface area contributed by atoms with Crippen LogP contribution < -0.4 is 20.1 Å². The molecule has 10 heteroatoms. The highest BCUT2D eigenvalue weighted by molar-refractivity contribution is 7.90. The number of nitrogens with one attached hydrogen (secondary N) is 3. The van der Waals surface area contributed by atoms with Crippen LogP contribution in [0.3, 0.4) is 0 Å². The zero-order valence-electron chi connectivity index (χ0n) is 17.4. The molecule has 0 saturated carbocycles. The maximum absolute atomic E-state index is 12.4. The first kappa shape index (κ1) is 24.5. The van der Waals surface area contributed by atoms with E-state index in [1.807, 2.05) is 11.6 Å². The van der Waals surface area contributed by atoms with Gasteiger partial charge >= 0.3 is 6.03 Å². The van der Waals surface area contributed by atoms with Crippen molar-refractivity contribution < 1.29 is 22.7 Å². The Morgan fingerprint density at radius 2 is 1.74 bits per heavy atom. The van der Waals surface area contributed by atoms with E-state index in [9.17, 15) is 18.0 Å². The molecule has 31 heavy (non-hydrogen) atoms.